The second kappa shape index (κ2) is 7.35. The van der Waals surface area contributed by atoms with Crippen molar-refractivity contribution in [3.8, 4) is 0 Å². The van der Waals surface area contributed by atoms with E-state index in [1.807, 2.05) is 37.3 Å². The quantitative estimate of drug-likeness (QED) is 0.673. The first-order valence-electron chi connectivity index (χ1n) is 7.25. The van der Waals surface area contributed by atoms with E-state index < -0.39 is 0 Å². The first kappa shape index (κ1) is 16.4. The van der Waals surface area contributed by atoms with Crippen molar-refractivity contribution in [1.82, 2.24) is 5.43 Å². The van der Waals surface area contributed by atoms with Crippen LogP contribution in [0.5, 0.6) is 0 Å². The summed E-state index contributed by atoms with van der Waals surface area (Å²) in [7, 11) is 0. The minimum atomic E-state index is -0.250. The van der Waals surface area contributed by atoms with Crippen LogP contribution in [-0.4, -0.2) is 17.5 Å². The molecule has 23 heavy (non-hydrogen) atoms. The number of anilines is 1. The van der Waals surface area contributed by atoms with Crippen LogP contribution in [0.1, 0.15) is 35.3 Å². The average Bonchev–Trinajstić information content (AvgIpc) is 2.52. The lowest BCUT2D eigenvalue weighted by Crippen LogP contribution is -2.20. The third-order valence-electron chi connectivity index (χ3n) is 3.32. The number of nitrogens with zero attached hydrogens (tertiary/aromatic N) is 1. The molecule has 0 aromatic heterocycles. The van der Waals surface area contributed by atoms with Crippen LogP contribution in [0.3, 0.4) is 0 Å². The Morgan fingerprint density at radius 3 is 2.43 bits per heavy atom. The van der Waals surface area contributed by atoms with Crippen molar-refractivity contribution in [2.45, 2.75) is 20.8 Å². The van der Waals surface area contributed by atoms with E-state index in [9.17, 15) is 9.59 Å². The summed E-state index contributed by atoms with van der Waals surface area (Å²) >= 11 is 0. The van der Waals surface area contributed by atoms with Crippen molar-refractivity contribution in [2.75, 3.05) is 5.32 Å². The number of amides is 2. The maximum absolute atomic E-state index is 12.1. The van der Waals surface area contributed by atoms with Gasteiger partial charge in [-0.05, 0) is 43.2 Å². The molecule has 0 spiro atoms. The lowest BCUT2D eigenvalue weighted by Gasteiger charge is -2.07. The van der Waals surface area contributed by atoms with E-state index in [1.54, 1.807) is 25.1 Å². The van der Waals surface area contributed by atoms with Gasteiger partial charge in [-0.25, -0.2) is 5.43 Å². The Kier molecular flexibility index (Phi) is 5.25. The zero-order chi connectivity index (χ0) is 16.8. The van der Waals surface area contributed by atoms with Gasteiger partial charge in [0.2, 0.25) is 5.91 Å². The second-order valence-electron chi connectivity index (χ2n) is 5.22. The standard InChI is InChI=1S/C18H19N3O2/c1-12-7-4-5-10-17(12)18(23)21-20-13(2)15-8-6-9-16(11-15)19-14(3)22/h4-11H,1-3H3,(H,19,22)(H,21,23)/b20-13-. The minimum absolute atomic E-state index is 0.135. The van der Waals surface area contributed by atoms with E-state index in [1.165, 1.54) is 6.92 Å². The molecule has 5 nitrogen and oxygen atoms in total. The third-order valence-corrected chi connectivity index (χ3v) is 3.32. The predicted molar refractivity (Wildman–Crippen MR) is 91.6 cm³/mol. The van der Waals surface area contributed by atoms with Crippen molar-refractivity contribution in [1.29, 1.82) is 0 Å². The van der Waals surface area contributed by atoms with Crippen LogP contribution in [0, 0.1) is 6.92 Å². The average molecular weight is 309 g/mol. The number of carbonyl (C=O) groups excluding carboxylic acids is 2. The first-order valence-corrected chi connectivity index (χ1v) is 7.25. The molecule has 0 radical (unpaired) electrons. The van der Waals surface area contributed by atoms with Gasteiger partial charge in [0, 0.05) is 18.2 Å². The van der Waals surface area contributed by atoms with Crippen LogP contribution in [0.15, 0.2) is 53.6 Å². The molecule has 2 aromatic rings. The van der Waals surface area contributed by atoms with Crippen LogP contribution in [-0.2, 0) is 4.79 Å². The third kappa shape index (κ3) is 4.51. The molecule has 118 valence electrons. The Morgan fingerprint density at radius 2 is 1.74 bits per heavy atom. The van der Waals surface area contributed by atoms with Crippen LogP contribution in [0.2, 0.25) is 0 Å². The van der Waals surface area contributed by atoms with Crippen molar-refractivity contribution in [3.63, 3.8) is 0 Å². The summed E-state index contributed by atoms with van der Waals surface area (Å²) in [6.07, 6.45) is 0. The molecular weight excluding hydrogens is 290 g/mol. The summed E-state index contributed by atoms with van der Waals surface area (Å²) < 4.78 is 0. The molecule has 0 unspecified atom stereocenters. The number of benzene rings is 2. The Morgan fingerprint density at radius 1 is 1.00 bits per heavy atom. The largest absolute Gasteiger partial charge is 0.326 e. The number of carbonyl (C=O) groups is 2. The predicted octanol–water partition coefficient (Wildman–Crippen LogP) is 3.11. The van der Waals surface area contributed by atoms with Crippen LogP contribution >= 0.6 is 0 Å². The number of hydrogen-bond donors (Lipinski definition) is 2. The molecular formula is C18H19N3O2. The highest BCUT2D eigenvalue weighted by atomic mass is 16.2. The van der Waals surface area contributed by atoms with E-state index in [0.717, 1.165) is 11.1 Å². The number of rotatable bonds is 4. The van der Waals surface area contributed by atoms with Gasteiger partial charge in [0.05, 0.1) is 5.71 Å². The fraction of sp³-hybridized carbons (Fsp3) is 0.167. The lowest BCUT2D eigenvalue weighted by molar-refractivity contribution is -0.114. The smallest absolute Gasteiger partial charge is 0.271 e. The molecule has 2 aromatic carbocycles. The Labute approximate surface area is 135 Å². The van der Waals surface area contributed by atoms with Gasteiger partial charge in [0.1, 0.15) is 0 Å². The normalized spacial score (nSPS) is 11.0. The van der Waals surface area contributed by atoms with E-state index in [2.05, 4.69) is 15.8 Å². The molecule has 2 amide bonds. The molecule has 0 heterocycles. The van der Waals surface area contributed by atoms with Gasteiger partial charge in [0.15, 0.2) is 0 Å². The van der Waals surface area contributed by atoms with Crippen LogP contribution < -0.4 is 10.7 Å². The van der Waals surface area contributed by atoms with Crippen molar-refractivity contribution >= 4 is 23.2 Å². The molecule has 0 aliphatic heterocycles. The topological polar surface area (TPSA) is 70.6 Å². The Bertz CT molecular complexity index is 766. The summed E-state index contributed by atoms with van der Waals surface area (Å²) in [6.45, 7) is 5.13. The van der Waals surface area contributed by atoms with Gasteiger partial charge >= 0.3 is 0 Å². The maximum Gasteiger partial charge on any atom is 0.271 e. The van der Waals surface area contributed by atoms with E-state index in [0.29, 0.717) is 17.0 Å². The fourth-order valence-corrected chi connectivity index (χ4v) is 2.11. The number of hydrazone groups is 1. The zero-order valence-electron chi connectivity index (χ0n) is 13.4. The van der Waals surface area contributed by atoms with Gasteiger partial charge in [-0.15, -0.1) is 0 Å². The minimum Gasteiger partial charge on any atom is -0.326 e. The Balaban J connectivity index is 2.12. The van der Waals surface area contributed by atoms with Crippen LogP contribution in [0.4, 0.5) is 5.69 Å². The summed E-state index contributed by atoms with van der Waals surface area (Å²) in [4.78, 5) is 23.2. The van der Waals surface area contributed by atoms with Crippen molar-refractivity contribution in [3.05, 3.63) is 65.2 Å². The van der Waals surface area contributed by atoms with E-state index in [4.69, 9.17) is 0 Å². The summed E-state index contributed by atoms with van der Waals surface area (Å²) in [5, 5.41) is 6.85. The molecule has 0 fully saturated rings. The summed E-state index contributed by atoms with van der Waals surface area (Å²) in [5.41, 5.74) is 6.21. The molecule has 0 saturated heterocycles. The molecule has 2 rings (SSSR count). The van der Waals surface area contributed by atoms with Gasteiger partial charge < -0.3 is 5.32 Å². The molecule has 0 bridgehead atoms. The monoisotopic (exact) mass is 309 g/mol. The number of nitrogens with one attached hydrogen (secondary N) is 2. The Hall–Kier alpha value is -2.95. The second-order valence-corrected chi connectivity index (χ2v) is 5.22. The maximum atomic E-state index is 12.1. The SMILES string of the molecule is CC(=O)Nc1cccc(/C(C)=N\NC(=O)c2ccccc2C)c1. The molecule has 0 aliphatic carbocycles. The fourth-order valence-electron chi connectivity index (χ4n) is 2.11. The van der Waals surface area contributed by atoms with Gasteiger partial charge in [0.25, 0.3) is 5.91 Å². The lowest BCUT2D eigenvalue weighted by atomic mass is 10.1. The van der Waals surface area contributed by atoms with E-state index >= 15 is 0 Å². The molecule has 5 heteroatoms. The highest BCUT2D eigenvalue weighted by Gasteiger charge is 2.07. The summed E-state index contributed by atoms with van der Waals surface area (Å²) in [6, 6.07) is 14.6. The van der Waals surface area contributed by atoms with Gasteiger partial charge in [-0.1, -0.05) is 30.3 Å². The van der Waals surface area contributed by atoms with Crippen molar-refractivity contribution in [2.24, 2.45) is 5.10 Å². The molecule has 0 saturated carbocycles. The molecule has 0 atom stereocenters. The zero-order valence-corrected chi connectivity index (χ0v) is 13.4. The highest BCUT2D eigenvalue weighted by molar-refractivity contribution is 6.02. The number of aryl methyl sites for hydroxylation is 1. The van der Waals surface area contributed by atoms with Crippen LogP contribution in [0.25, 0.3) is 0 Å². The molecule has 0 aliphatic rings. The molecule has 2 N–H and O–H groups in total. The van der Waals surface area contributed by atoms with Gasteiger partial charge in [-0.2, -0.15) is 5.10 Å². The van der Waals surface area contributed by atoms with E-state index in [-0.39, 0.29) is 11.8 Å². The van der Waals surface area contributed by atoms with Gasteiger partial charge in [-0.3, -0.25) is 9.59 Å². The highest BCUT2D eigenvalue weighted by Crippen LogP contribution is 2.12. The number of hydrogen-bond acceptors (Lipinski definition) is 3. The first-order chi connectivity index (χ1) is 11.0. The summed E-state index contributed by atoms with van der Waals surface area (Å²) in [5.74, 6) is -0.384. The van der Waals surface area contributed by atoms with Crippen molar-refractivity contribution < 1.29 is 9.59 Å².